The van der Waals surface area contributed by atoms with E-state index in [9.17, 15) is 0 Å². The lowest BCUT2D eigenvalue weighted by molar-refractivity contribution is 0.122. The largest absolute Gasteiger partial charge is 0.317 e. The molecule has 78 valence electrons. The summed E-state index contributed by atoms with van der Waals surface area (Å²) in [6.07, 6.45) is 7.85. The van der Waals surface area contributed by atoms with Crippen molar-refractivity contribution >= 4 is 0 Å². The first-order valence-corrected chi connectivity index (χ1v) is 6.55. The van der Waals surface area contributed by atoms with Crippen LogP contribution in [0.5, 0.6) is 0 Å². The minimum absolute atomic E-state index is 0.889. The van der Waals surface area contributed by atoms with Gasteiger partial charge in [0.15, 0.2) is 0 Å². The molecular formula is C13H21N. The fraction of sp³-hybridized carbons (Fsp3) is 1.00. The molecule has 0 radical (unpaired) electrons. The van der Waals surface area contributed by atoms with Crippen LogP contribution >= 0.6 is 0 Å². The summed E-state index contributed by atoms with van der Waals surface area (Å²) >= 11 is 0. The molecule has 4 saturated carbocycles. The molecular weight excluding hydrogens is 170 g/mol. The molecule has 7 atom stereocenters. The zero-order valence-electron chi connectivity index (χ0n) is 9.08. The van der Waals surface area contributed by atoms with E-state index in [4.69, 9.17) is 0 Å². The number of rotatable bonds is 1. The van der Waals surface area contributed by atoms with Crippen LogP contribution in [0.1, 0.15) is 32.1 Å². The summed E-state index contributed by atoms with van der Waals surface area (Å²) in [5.74, 6) is 6.85. The normalized spacial score (nSPS) is 63.6. The second-order valence-corrected chi connectivity index (χ2v) is 6.28. The Hall–Kier alpha value is -0.0400. The molecule has 4 aliphatic carbocycles. The van der Waals surface area contributed by atoms with E-state index < -0.39 is 0 Å². The summed E-state index contributed by atoms with van der Waals surface area (Å²) in [5.41, 5.74) is 0. The van der Waals surface area contributed by atoms with E-state index in [0.717, 1.165) is 35.6 Å². The molecule has 0 heterocycles. The Balaban J connectivity index is 1.68. The standard InChI is InChI=1S/C13H21N/c1-14-11-6-9-5-10(11)13-8-3-2-7(4-8)12(9)13/h7-14H,2-6H2,1H3. The minimum atomic E-state index is 0.889. The van der Waals surface area contributed by atoms with Gasteiger partial charge < -0.3 is 5.32 Å². The van der Waals surface area contributed by atoms with Crippen LogP contribution in [0.25, 0.3) is 0 Å². The van der Waals surface area contributed by atoms with Crippen LogP contribution < -0.4 is 5.32 Å². The molecule has 0 aromatic heterocycles. The van der Waals surface area contributed by atoms with Gasteiger partial charge >= 0.3 is 0 Å². The fourth-order valence-corrected chi connectivity index (χ4v) is 5.90. The number of hydrogen-bond donors (Lipinski definition) is 1. The van der Waals surface area contributed by atoms with Crippen molar-refractivity contribution in [2.75, 3.05) is 7.05 Å². The van der Waals surface area contributed by atoms with Crippen LogP contribution in [0, 0.1) is 35.5 Å². The Bertz CT molecular complexity index is 262. The first kappa shape index (κ1) is 8.15. The SMILES string of the molecule is CNC1CC2CC1C1C3CCC(C3)C21. The van der Waals surface area contributed by atoms with Gasteiger partial charge in [-0.3, -0.25) is 0 Å². The quantitative estimate of drug-likeness (QED) is 0.627. The molecule has 0 aliphatic heterocycles. The lowest BCUT2D eigenvalue weighted by Crippen LogP contribution is -2.41. The van der Waals surface area contributed by atoms with Crippen LogP contribution in [0.2, 0.25) is 0 Å². The van der Waals surface area contributed by atoms with E-state index in [1.165, 1.54) is 12.3 Å². The Morgan fingerprint density at radius 2 is 1.64 bits per heavy atom. The fourth-order valence-electron chi connectivity index (χ4n) is 5.90. The third kappa shape index (κ3) is 0.778. The molecule has 14 heavy (non-hydrogen) atoms. The van der Waals surface area contributed by atoms with Gasteiger partial charge in [0.05, 0.1) is 0 Å². The molecule has 1 N–H and O–H groups in total. The third-order valence-electron chi connectivity index (χ3n) is 6.10. The monoisotopic (exact) mass is 191 g/mol. The maximum atomic E-state index is 3.57. The first-order valence-electron chi connectivity index (χ1n) is 6.55. The Morgan fingerprint density at radius 3 is 2.43 bits per heavy atom. The minimum Gasteiger partial charge on any atom is -0.317 e. The summed E-state index contributed by atoms with van der Waals surface area (Å²) in [7, 11) is 2.17. The summed E-state index contributed by atoms with van der Waals surface area (Å²) < 4.78 is 0. The summed E-state index contributed by atoms with van der Waals surface area (Å²) in [6, 6.07) is 0.889. The maximum absolute atomic E-state index is 3.57. The molecule has 7 unspecified atom stereocenters. The molecule has 4 aliphatic rings. The first-order chi connectivity index (χ1) is 6.88. The Kier molecular flexibility index (Phi) is 1.49. The van der Waals surface area contributed by atoms with Gasteiger partial charge in [-0.15, -0.1) is 0 Å². The lowest BCUT2D eigenvalue weighted by atomic mass is 9.69. The van der Waals surface area contributed by atoms with Gasteiger partial charge in [-0.25, -0.2) is 0 Å². The van der Waals surface area contributed by atoms with Crippen molar-refractivity contribution in [1.29, 1.82) is 0 Å². The van der Waals surface area contributed by atoms with Crippen LogP contribution in [0.4, 0.5) is 0 Å². The highest BCUT2D eigenvalue weighted by Crippen LogP contribution is 2.67. The van der Waals surface area contributed by atoms with E-state index in [1.807, 2.05) is 0 Å². The molecule has 0 amide bonds. The maximum Gasteiger partial charge on any atom is 0.00980 e. The summed E-state index contributed by atoms with van der Waals surface area (Å²) in [4.78, 5) is 0. The van der Waals surface area contributed by atoms with E-state index in [0.29, 0.717) is 0 Å². The van der Waals surface area contributed by atoms with E-state index >= 15 is 0 Å². The van der Waals surface area contributed by atoms with Gasteiger partial charge in [-0.1, -0.05) is 0 Å². The molecule has 0 aromatic rings. The lowest BCUT2D eigenvalue weighted by Gasteiger charge is -2.38. The summed E-state index contributed by atoms with van der Waals surface area (Å²) in [5, 5.41) is 3.57. The Morgan fingerprint density at radius 1 is 0.857 bits per heavy atom. The average Bonchev–Trinajstić information content (AvgIpc) is 2.94. The van der Waals surface area contributed by atoms with Crippen molar-refractivity contribution in [2.24, 2.45) is 35.5 Å². The van der Waals surface area contributed by atoms with Gasteiger partial charge in [-0.05, 0) is 74.7 Å². The van der Waals surface area contributed by atoms with Gasteiger partial charge in [0.1, 0.15) is 0 Å². The second-order valence-electron chi connectivity index (χ2n) is 6.28. The number of hydrogen-bond acceptors (Lipinski definition) is 1. The van der Waals surface area contributed by atoms with E-state index in [1.54, 1.807) is 25.7 Å². The average molecular weight is 191 g/mol. The second kappa shape index (κ2) is 2.55. The van der Waals surface area contributed by atoms with Crippen molar-refractivity contribution in [1.82, 2.24) is 5.32 Å². The molecule has 0 saturated heterocycles. The third-order valence-corrected chi connectivity index (χ3v) is 6.10. The van der Waals surface area contributed by atoms with E-state index in [-0.39, 0.29) is 0 Å². The van der Waals surface area contributed by atoms with Crippen LogP contribution in [-0.2, 0) is 0 Å². The van der Waals surface area contributed by atoms with Crippen molar-refractivity contribution < 1.29 is 0 Å². The zero-order chi connectivity index (χ0) is 9.28. The molecule has 1 heteroatoms. The highest BCUT2D eigenvalue weighted by molar-refractivity contribution is 5.12. The topological polar surface area (TPSA) is 12.0 Å². The molecule has 4 rings (SSSR count). The molecule has 0 spiro atoms. The summed E-state index contributed by atoms with van der Waals surface area (Å²) in [6.45, 7) is 0. The van der Waals surface area contributed by atoms with Gasteiger partial charge in [0.2, 0.25) is 0 Å². The highest BCUT2D eigenvalue weighted by Gasteiger charge is 2.61. The van der Waals surface area contributed by atoms with Crippen molar-refractivity contribution in [2.45, 2.75) is 38.1 Å². The van der Waals surface area contributed by atoms with Crippen molar-refractivity contribution in [3.8, 4) is 0 Å². The van der Waals surface area contributed by atoms with E-state index in [2.05, 4.69) is 12.4 Å². The van der Waals surface area contributed by atoms with Crippen LogP contribution in [-0.4, -0.2) is 13.1 Å². The predicted octanol–water partition coefficient (Wildman–Crippen LogP) is 2.28. The van der Waals surface area contributed by atoms with Gasteiger partial charge in [0, 0.05) is 6.04 Å². The predicted molar refractivity (Wildman–Crippen MR) is 56.9 cm³/mol. The van der Waals surface area contributed by atoms with Crippen LogP contribution in [0.15, 0.2) is 0 Å². The van der Waals surface area contributed by atoms with Crippen LogP contribution in [0.3, 0.4) is 0 Å². The molecule has 0 aromatic carbocycles. The van der Waals surface area contributed by atoms with Gasteiger partial charge in [0.25, 0.3) is 0 Å². The molecule has 1 nitrogen and oxygen atoms in total. The van der Waals surface area contributed by atoms with Crippen molar-refractivity contribution in [3.05, 3.63) is 0 Å². The molecule has 4 bridgehead atoms. The molecule has 4 fully saturated rings. The zero-order valence-corrected chi connectivity index (χ0v) is 9.08. The Labute approximate surface area is 86.6 Å². The highest BCUT2D eigenvalue weighted by atomic mass is 14.9. The number of nitrogens with one attached hydrogen (secondary N) is 1. The van der Waals surface area contributed by atoms with Crippen molar-refractivity contribution in [3.63, 3.8) is 0 Å². The van der Waals surface area contributed by atoms with Gasteiger partial charge in [-0.2, -0.15) is 0 Å². The smallest absolute Gasteiger partial charge is 0.00980 e. The number of fused-ring (bicyclic) bond motifs is 9.